The third-order valence-corrected chi connectivity index (χ3v) is 2.78. The molecule has 0 saturated heterocycles. The van der Waals surface area contributed by atoms with Crippen LogP contribution in [-0.4, -0.2) is 32.9 Å². The van der Waals surface area contributed by atoms with Gasteiger partial charge in [0, 0.05) is 12.2 Å². The maximum atomic E-state index is 11.8. The highest BCUT2D eigenvalue weighted by molar-refractivity contribution is 5.92. The summed E-state index contributed by atoms with van der Waals surface area (Å²) in [7, 11) is 0. The zero-order valence-corrected chi connectivity index (χ0v) is 12.5. The van der Waals surface area contributed by atoms with Crippen molar-refractivity contribution >= 4 is 17.7 Å². The Morgan fingerprint density at radius 1 is 1.35 bits per heavy atom. The molecule has 1 aromatic rings. The molecular formula is C13H22N4O3. The molecule has 1 heterocycles. The summed E-state index contributed by atoms with van der Waals surface area (Å²) in [5.41, 5.74) is -0.0556. The van der Waals surface area contributed by atoms with Crippen molar-refractivity contribution < 1.29 is 14.7 Å². The molecule has 1 atom stereocenters. The predicted octanol–water partition coefficient (Wildman–Crippen LogP) is 2.08. The highest BCUT2D eigenvalue weighted by Crippen LogP contribution is 2.19. The molecule has 0 aliphatic heterocycles. The second kappa shape index (κ2) is 5.94. The fourth-order valence-corrected chi connectivity index (χ4v) is 1.63. The molecule has 0 unspecified atom stereocenters. The van der Waals surface area contributed by atoms with Gasteiger partial charge < -0.3 is 15.7 Å². The minimum absolute atomic E-state index is 0.190. The van der Waals surface area contributed by atoms with Crippen molar-refractivity contribution in [2.45, 2.75) is 46.7 Å². The van der Waals surface area contributed by atoms with E-state index in [9.17, 15) is 9.59 Å². The van der Waals surface area contributed by atoms with Crippen LogP contribution in [0, 0.1) is 5.41 Å². The number of rotatable bonds is 4. The number of hydrogen-bond donors (Lipinski definition) is 3. The number of urea groups is 1. The minimum atomic E-state index is -1.06. The number of nitrogens with one attached hydrogen (secondary N) is 2. The van der Waals surface area contributed by atoms with E-state index in [1.165, 1.54) is 6.20 Å². The summed E-state index contributed by atoms with van der Waals surface area (Å²) in [6, 6.07) is -1.34. The maximum absolute atomic E-state index is 11.8. The Kier molecular flexibility index (Phi) is 4.75. The van der Waals surface area contributed by atoms with Crippen LogP contribution in [0.2, 0.25) is 0 Å². The Balaban J connectivity index is 2.68. The molecule has 7 nitrogen and oxygen atoms in total. The Hall–Kier alpha value is -2.05. The summed E-state index contributed by atoms with van der Waals surface area (Å²) in [5.74, 6) is -1.06. The lowest BCUT2D eigenvalue weighted by Crippen LogP contribution is -2.50. The van der Waals surface area contributed by atoms with Gasteiger partial charge in [0.2, 0.25) is 0 Å². The molecule has 0 radical (unpaired) electrons. The van der Waals surface area contributed by atoms with E-state index in [-0.39, 0.29) is 6.04 Å². The zero-order chi connectivity index (χ0) is 15.5. The molecule has 0 aliphatic carbocycles. The lowest BCUT2D eigenvalue weighted by Gasteiger charge is -2.27. The van der Waals surface area contributed by atoms with E-state index in [0.29, 0.717) is 5.69 Å². The molecule has 0 aliphatic rings. The van der Waals surface area contributed by atoms with Gasteiger partial charge in [-0.15, -0.1) is 0 Å². The predicted molar refractivity (Wildman–Crippen MR) is 75.6 cm³/mol. The first-order valence-corrected chi connectivity index (χ1v) is 6.45. The first-order chi connectivity index (χ1) is 9.11. The molecule has 2 amide bonds. The number of anilines is 1. The van der Waals surface area contributed by atoms with Crippen molar-refractivity contribution in [1.29, 1.82) is 0 Å². The Morgan fingerprint density at radius 3 is 2.35 bits per heavy atom. The number of carboxylic acids is 1. The molecule has 0 bridgehead atoms. The average molecular weight is 282 g/mol. The highest BCUT2D eigenvalue weighted by atomic mass is 16.4. The van der Waals surface area contributed by atoms with E-state index in [2.05, 4.69) is 15.7 Å². The van der Waals surface area contributed by atoms with E-state index < -0.39 is 23.5 Å². The van der Waals surface area contributed by atoms with Crippen molar-refractivity contribution in [1.82, 2.24) is 15.1 Å². The van der Waals surface area contributed by atoms with Crippen LogP contribution in [-0.2, 0) is 4.79 Å². The number of carbonyl (C=O) groups is 2. The highest BCUT2D eigenvalue weighted by Gasteiger charge is 2.32. The van der Waals surface area contributed by atoms with Crippen LogP contribution in [0.3, 0.4) is 0 Å². The average Bonchev–Trinajstić information content (AvgIpc) is 2.72. The van der Waals surface area contributed by atoms with Crippen LogP contribution >= 0.6 is 0 Å². The molecule has 0 aromatic carbocycles. The Labute approximate surface area is 118 Å². The normalized spacial score (nSPS) is 13.1. The lowest BCUT2D eigenvalue weighted by atomic mass is 9.87. The van der Waals surface area contributed by atoms with Gasteiger partial charge in [-0.2, -0.15) is 5.10 Å². The fourth-order valence-electron chi connectivity index (χ4n) is 1.63. The summed E-state index contributed by atoms with van der Waals surface area (Å²) >= 11 is 0. The van der Waals surface area contributed by atoms with Crippen LogP contribution in [0.1, 0.15) is 40.7 Å². The summed E-state index contributed by atoms with van der Waals surface area (Å²) in [5, 5.41) is 18.3. The first kappa shape index (κ1) is 16.0. The van der Waals surface area contributed by atoms with Gasteiger partial charge in [-0.1, -0.05) is 20.8 Å². The third-order valence-electron chi connectivity index (χ3n) is 2.78. The summed E-state index contributed by atoms with van der Waals surface area (Å²) in [6.45, 7) is 9.20. The fraction of sp³-hybridized carbons (Fsp3) is 0.615. The Morgan fingerprint density at radius 2 is 1.95 bits per heavy atom. The third kappa shape index (κ3) is 4.25. The Bertz CT molecular complexity index is 488. The molecule has 1 rings (SSSR count). The van der Waals surface area contributed by atoms with Crippen LogP contribution in [0.4, 0.5) is 10.5 Å². The van der Waals surface area contributed by atoms with Crippen molar-refractivity contribution in [3.63, 3.8) is 0 Å². The summed E-state index contributed by atoms with van der Waals surface area (Å²) < 4.78 is 1.70. The molecule has 112 valence electrons. The van der Waals surface area contributed by atoms with Crippen LogP contribution in [0.25, 0.3) is 0 Å². The number of nitrogens with zero attached hydrogens (tertiary/aromatic N) is 2. The zero-order valence-electron chi connectivity index (χ0n) is 12.5. The molecule has 7 heteroatoms. The van der Waals surface area contributed by atoms with E-state index >= 15 is 0 Å². The number of carbonyl (C=O) groups excluding carboxylic acids is 1. The van der Waals surface area contributed by atoms with E-state index in [4.69, 9.17) is 5.11 Å². The van der Waals surface area contributed by atoms with Crippen LogP contribution < -0.4 is 10.6 Å². The SMILES string of the molecule is CC(C)n1cc(NC(=O)N[C@@H](C(=O)O)C(C)(C)C)cn1. The lowest BCUT2D eigenvalue weighted by molar-refractivity contribution is -0.141. The van der Waals surface area contributed by atoms with E-state index in [1.807, 2.05) is 13.8 Å². The first-order valence-electron chi connectivity index (χ1n) is 6.45. The number of amides is 2. The van der Waals surface area contributed by atoms with Gasteiger partial charge in [-0.05, 0) is 19.3 Å². The topological polar surface area (TPSA) is 96.2 Å². The monoisotopic (exact) mass is 282 g/mol. The van der Waals surface area contributed by atoms with E-state index in [0.717, 1.165) is 0 Å². The van der Waals surface area contributed by atoms with Crippen molar-refractivity contribution in [3.05, 3.63) is 12.4 Å². The smallest absolute Gasteiger partial charge is 0.326 e. The van der Waals surface area contributed by atoms with Crippen LogP contribution in [0.5, 0.6) is 0 Å². The van der Waals surface area contributed by atoms with Gasteiger partial charge in [0.05, 0.1) is 11.9 Å². The van der Waals surface area contributed by atoms with E-state index in [1.54, 1.807) is 31.6 Å². The molecule has 1 aromatic heterocycles. The van der Waals surface area contributed by atoms with Gasteiger partial charge >= 0.3 is 12.0 Å². The molecule has 20 heavy (non-hydrogen) atoms. The second-order valence-corrected chi connectivity index (χ2v) is 6.04. The minimum Gasteiger partial charge on any atom is -0.480 e. The van der Waals surface area contributed by atoms with Gasteiger partial charge in [-0.25, -0.2) is 9.59 Å². The van der Waals surface area contributed by atoms with Gasteiger partial charge in [0.1, 0.15) is 6.04 Å². The van der Waals surface area contributed by atoms with Crippen molar-refractivity contribution in [2.75, 3.05) is 5.32 Å². The second-order valence-electron chi connectivity index (χ2n) is 6.04. The molecule has 0 fully saturated rings. The van der Waals surface area contributed by atoms with Crippen LogP contribution in [0.15, 0.2) is 12.4 Å². The number of hydrogen-bond acceptors (Lipinski definition) is 3. The van der Waals surface area contributed by atoms with Gasteiger partial charge in [-0.3, -0.25) is 4.68 Å². The standard InChI is InChI=1S/C13H22N4O3/c1-8(2)17-7-9(6-14-17)15-12(20)16-10(11(18)19)13(3,4)5/h6-8,10H,1-5H3,(H,18,19)(H2,15,16,20)/t10-/m0/s1. The van der Waals surface area contributed by atoms with Crippen molar-refractivity contribution in [3.8, 4) is 0 Å². The molecular weight excluding hydrogens is 260 g/mol. The quantitative estimate of drug-likeness (QED) is 0.787. The number of carboxylic acid groups (broad SMARTS) is 1. The number of aliphatic carboxylic acids is 1. The molecule has 0 spiro atoms. The largest absolute Gasteiger partial charge is 0.480 e. The summed E-state index contributed by atoms with van der Waals surface area (Å²) in [4.78, 5) is 23.0. The molecule has 0 saturated carbocycles. The maximum Gasteiger partial charge on any atom is 0.326 e. The number of aromatic nitrogens is 2. The van der Waals surface area contributed by atoms with Gasteiger partial charge in [0.25, 0.3) is 0 Å². The summed E-state index contributed by atoms with van der Waals surface area (Å²) in [6.07, 6.45) is 3.21. The molecule has 3 N–H and O–H groups in total. The van der Waals surface area contributed by atoms with Gasteiger partial charge in [0.15, 0.2) is 0 Å². The van der Waals surface area contributed by atoms with Crippen molar-refractivity contribution in [2.24, 2.45) is 5.41 Å².